The average molecular weight is 611 g/mol. The molecule has 2 heterocycles. The van der Waals surface area contributed by atoms with Crippen LogP contribution in [0.25, 0.3) is 0 Å². The maximum atomic E-state index is 13.1. The molecule has 0 spiro atoms. The Morgan fingerprint density at radius 2 is 1.09 bits per heavy atom. The Hall–Kier alpha value is -3.78. The van der Waals surface area contributed by atoms with Gasteiger partial charge in [-0.15, -0.1) is 0 Å². The monoisotopic (exact) mass is 610 g/mol. The SMILES string of the molecule is N=C(N)CNC(=O)C1CC(NC(=O)C2=CC=C(C(=O)NC3CC(C(=O)NCC(=N)N)N(CC4CC4)C3)CC2)CN1CC1CC1. The van der Waals surface area contributed by atoms with Crippen LogP contribution in [0.1, 0.15) is 51.4 Å². The maximum Gasteiger partial charge on any atom is 0.247 e. The fourth-order valence-corrected chi connectivity index (χ4v) is 6.40. The van der Waals surface area contributed by atoms with Gasteiger partial charge in [0.05, 0.1) is 25.2 Å². The van der Waals surface area contributed by atoms with Crippen molar-refractivity contribution in [1.29, 1.82) is 10.8 Å². The molecule has 10 N–H and O–H groups in total. The minimum atomic E-state index is -0.369. The second-order valence-corrected chi connectivity index (χ2v) is 13.0. The Bertz CT molecular complexity index is 1150. The molecule has 5 aliphatic rings. The first-order valence-electron chi connectivity index (χ1n) is 15.8. The summed E-state index contributed by atoms with van der Waals surface area (Å²) in [5.74, 6) is 0.254. The van der Waals surface area contributed by atoms with Crippen molar-refractivity contribution in [3.05, 3.63) is 23.3 Å². The van der Waals surface area contributed by atoms with Crippen LogP contribution in [0.2, 0.25) is 0 Å². The van der Waals surface area contributed by atoms with Crippen molar-refractivity contribution in [2.24, 2.45) is 23.3 Å². The van der Waals surface area contributed by atoms with E-state index in [4.69, 9.17) is 22.3 Å². The van der Waals surface area contributed by atoms with Crippen LogP contribution in [-0.2, 0) is 19.2 Å². The zero-order valence-corrected chi connectivity index (χ0v) is 25.2. The van der Waals surface area contributed by atoms with E-state index in [0.717, 1.165) is 38.8 Å². The summed E-state index contributed by atoms with van der Waals surface area (Å²) in [6.07, 6.45) is 9.87. The van der Waals surface area contributed by atoms with Crippen LogP contribution < -0.4 is 32.7 Å². The number of allylic oxidation sites excluding steroid dienone is 2. The van der Waals surface area contributed by atoms with Crippen LogP contribution in [0.5, 0.6) is 0 Å². The van der Waals surface area contributed by atoms with Crippen LogP contribution in [-0.4, -0.2) is 109 Å². The molecule has 2 saturated carbocycles. The molecule has 2 aliphatic heterocycles. The van der Waals surface area contributed by atoms with Crippen LogP contribution in [0, 0.1) is 22.7 Å². The molecule has 240 valence electrons. The summed E-state index contributed by atoms with van der Waals surface area (Å²) in [4.78, 5) is 56.1. The molecule has 4 unspecified atom stereocenters. The molecule has 14 heteroatoms. The summed E-state index contributed by atoms with van der Waals surface area (Å²) >= 11 is 0. The summed E-state index contributed by atoms with van der Waals surface area (Å²) in [7, 11) is 0. The number of nitrogens with two attached hydrogens (primary N) is 2. The largest absolute Gasteiger partial charge is 0.386 e. The quantitative estimate of drug-likeness (QED) is 0.0868. The number of hydrogen-bond donors (Lipinski definition) is 8. The summed E-state index contributed by atoms with van der Waals surface area (Å²) < 4.78 is 0. The van der Waals surface area contributed by atoms with Gasteiger partial charge in [-0.25, -0.2) is 0 Å². The van der Waals surface area contributed by atoms with Gasteiger partial charge in [0.2, 0.25) is 23.6 Å². The van der Waals surface area contributed by atoms with Crippen molar-refractivity contribution in [2.45, 2.75) is 75.5 Å². The third kappa shape index (κ3) is 8.65. The first-order valence-corrected chi connectivity index (χ1v) is 15.8. The Balaban J connectivity index is 1.13. The Morgan fingerprint density at radius 1 is 0.705 bits per heavy atom. The molecule has 3 aliphatic carbocycles. The highest BCUT2D eigenvalue weighted by Gasteiger charge is 2.41. The maximum absolute atomic E-state index is 13.1. The van der Waals surface area contributed by atoms with Gasteiger partial charge in [-0.05, 0) is 63.2 Å². The molecule has 4 fully saturated rings. The smallest absolute Gasteiger partial charge is 0.247 e. The molecular formula is C30H46N10O4. The summed E-state index contributed by atoms with van der Waals surface area (Å²) in [6.45, 7) is 2.83. The van der Waals surface area contributed by atoms with E-state index in [1.54, 1.807) is 12.2 Å². The highest BCUT2D eigenvalue weighted by atomic mass is 16.2. The molecule has 44 heavy (non-hydrogen) atoms. The minimum absolute atomic E-state index is 0.00919. The Kier molecular flexibility index (Phi) is 9.99. The number of amides is 4. The van der Waals surface area contributed by atoms with Gasteiger partial charge >= 0.3 is 0 Å². The molecule has 0 bridgehead atoms. The van der Waals surface area contributed by atoms with Gasteiger partial charge in [0.1, 0.15) is 11.7 Å². The molecule has 0 aromatic carbocycles. The first-order chi connectivity index (χ1) is 21.0. The fourth-order valence-electron chi connectivity index (χ4n) is 6.40. The molecular weight excluding hydrogens is 564 g/mol. The van der Waals surface area contributed by atoms with Gasteiger partial charge < -0.3 is 32.7 Å². The number of carbonyl (C=O) groups is 4. The number of likely N-dealkylation sites (tertiary alicyclic amines) is 2. The number of amidine groups is 2. The van der Waals surface area contributed by atoms with Crippen LogP contribution >= 0.6 is 0 Å². The molecule has 4 amide bonds. The molecule has 5 rings (SSSR count). The van der Waals surface area contributed by atoms with Crippen molar-refractivity contribution < 1.29 is 19.2 Å². The van der Waals surface area contributed by atoms with E-state index < -0.39 is 0 Å². The number of carbonyl (C=O) groups excluding carboxylic acids is 4. The number of nitrogens with zero attached hydrogens (tertiary/aromatic N) is 2. The fraction of sp³-hybridized carbons (Fsp3) is 0.667. The minimum Gasteiger partial charge on any atom is -0.386 e. The molecule has 14 nitrogen and oxygen atoms in total. The van der Waals surface area contributed by atoms with Gasteiger partial charge in [0, 0.05) is 49.4 Å². The van der Waals surface area contributed by atoms with Crippen molar-refractivity contribution in [3.63, 3.8) is 0 Å². The van der Waals surface area contributed by atoms with Gasteiger partial charge in [-0.3, -0.25) is 39.8 Å². The lowest BCUT2D eigenvalue weighted by molar-refractivity contribution is -0.126. The summed E-state index contributed by atoms with van der Waals surface area (Å²) in [5, 5.41) is 26.4. The van der Waals surface area contributed by atoms with Crippen LogP contribution in [0.4, 0.5) is 0 Å². The van der Waals surface area contributed by atoms with Gasteiger partial charge in [0.15, 0.2) is 0 Å². The van der Waals surface area contributed by atoms with Crippen LogP contribution in [0.3, 0.4) is 0 Å². The topological polar surface area (TPSA) is 223 Å². The van der Waals surface area contributed by atoms with Crippen molar-refractivity contribution >= 4 is 35.3 Å². The summed E-state index contributed by atoms with van der Waals surface area (Å²) in [6, 6.07) is -1.09. The average Bonchev–Trinajstić information content (AvgIpc) is 3.90. The third-order valence-electron chi connectivity index (χ3n) is 9.10. The van der Waals surface area contributed by atoms with Crippen molar-refractivity contribution in [1.82, 2.24) is 31.1 Å². The Morgan fingerprint density at radius 3 is 1.41 bits per heavy atom. The van der Waals surface area contributed by atoms with E-state index >= 15 is 0 Å². The number of nitrogens with one attached hydrogen (secondary N) is 6. The van der Waals surface area contributed by atoms with Crippen molar-refractivity contribution in [2.75, 3.05) is 39.3 Å². The van der Waals surface area contributed by atoms with Gasteiger partial charge in [-0.2, -0.15) is 0 Å². The lowest BCUT2D eigenvalue weighted by Gasteiger charge is -2.23. The second kappa shape index (κ2) is 13.9. The number of rotatable bonds is 14. The van der Waals surface area contributed by atoms with Crippen LogP contribution in [0.15, 0.2) is 23.3 Å². The van der Waals surface area contributed by atoms with E-state index in [1.807, 2.05) is 0 Å². The van der Waals surface area contributed by atoms with E-state index in [1.165, 1.54) is 0 Å². The normalized spacial score (nSPS) is 27.2. The zero-order chi connectivity index (χ0) is 31.4. The highest BCUT2D eigenvalue weighted by molar-refractivity contribution is 5.98. The summed E-state index contributed by atoms with van der Waals surface area (Å²) in [5.41, 5.74) is 12.0. The lowest BCUT2D eigenvalue weighted by Crippen LogP contribution is -2.46. The van der Waals surface area contributed by atoms with Gasteiger partial charge in [0.25, 0.3) is 0 Å². The zero-order valence-electron chi connectivity index (χ0n) is 25.2. The predicted molar refractivity (Wildman–Crippen MR) is 165 cm³/mol. The third-order valence-corrected chi connectivity index (χ3v) is 9.10. The van der Waals surface area contributed by atoms with E-state index in [-0.39, 0.29) is 72.6 Å². The van der Waals surface area contributed by atoms with Gasteiger partial charge in [-0.1, -0.05) is 12.2 Å². The second-order valence-electron chi connectivity index (χ2n) is 13.0. The molecule has 0 radical (unpaired) electrons. The highest BCUT2D eigenvalue weighted by Crippen LogP contribution is 2.34. The molecule has 4 atom stereocenters. The Labute approximate surface area is 257 Å². The standard InChI is InChI=1S/C30H46N10O4/c31-25(32)11-35-29(43)23-9-21(15-39(23)13-17-1-2-17)37-27(41)19-5-7-20(8-6-19)28(42)38-22-10-24(30(44)36-12-26(33)34)40(16-22)14-18-3-4-18/h5,7,17-18,21-24H,1-4,6,8-16H2,(H3,31,32)(H3,33,34)(H,35,43)(H,36,44)(H,37,41)(H,38,42). The van der Waals surface area contributed by atoms with E-state index in [0.29, 0.717) is 61.8 Å². The number of hydrogen-bond acceptors (Lipinski definition) is 8. The van der Waals surface area contributed by atoms with E-state index in [9.17, 15) is 19.2 Å². The first kappa shape index (κ1) is 31.6. The molecule has 2 saturated heterocycles. The molecule has 0 aromatic heterocycles. The molecule has 0 aromatic rings. The lowest BCUT2D eigenvalue weighted by atomic mass is 9.96. The predicted octanol–water partition coefficient (Wildman–Crippen LogP) is -1.32. The van der Waals surface area contributed by atoms with E-state index in [2.05, 4.69) is 31.1 Å². The van der Waals surface area contributed by atoms with Crippen molar-refractivity contribution in [3.8, 4) is 0 Å².